The molecular weight excluding hydrogens is 338 g/mol. The summed E-state index contributed by atoms with van der Waals surface area (Å²) in [6, 6.07) is 5.68. The van der Waals surface area contributed by atoms with Crippen molar-refractivity contribution in [2.45, 2.75) is 59.2 Å². The summed E-state index contributed by atoms with van der Waals surface area (Å²) in [5.74, 6) is -0.231. The molecule has 1 unspecified atom stereocenters. The summed E-state index contributed by atoms with van der Waals surface area (Å²) in [5.41, 5.74) is 0.458. The van der Waals surface area contributed by atoms with Gasteiger partial charge in [-0.3, -0.25) is 0 Å². The number of rotatable bonds is 2. The van der Waals surface area contributed by atoms with Crippen LogP contribution >= 0.6 is 11.6 Å². The van der Waals surface area contributed by atoms with Crippen LogP contribution in [0.4, 0.5) is 4.79 Å². The first kappa shape index (κ1) is 20.1. The Morgan fingerprint density at radius 3 is 2.36 bits per heavy atom. The lowest BCUT2D eigenvalue weighted by molar-refractivity contribution is -0.112. The molecule has 1 heterocycles. The quantitative estimate of drug-likeness (QED) is 0.830. The summed E-state index contributed by atoms with van der Waals surface area (Å²) in [5, 5.41) is 12.3. The fourth-order valence-electron chi connectivity index (χ4n) is 3.75. The van der Waals surface area contributed by atoms with Gasteiger partial charge in [-0.15, -0.1) is 0 Å². The van der Waals surface area contributed by atoms with Crippen molar-refractivity contribution in [1.29, 1.82) is 0 Å². The van der Waals surface area contributed by atoms with Crippen LogP contribution in [0.1, 0.15) is 52.7 Å². The molecule has 0 radical (unpaired) electrons. The average Bonchev–Trinajstić information content (AvgIpc) is 2.50. The monoisotopic (exact) mass is 367 g/mol. The Kier molecular flexibility index (Phi) is 5.75. The van der Waals surface area contributed by atoms with Crippen LogP contribution in [0.15, 0.2) is 18.2 Å². The largest absolute Gasteiger partial charge is 0.444 e. The van der Waals surface area contributed by atoms with Gasteiger partial charge in [-0.05, 0) is 50.5 Å². The van der Waals surface area contributed by atoms with E-state index in [0.29, 0.717) is 18.1 Å². The number of carbonyl (C=O) groups excluding carboxylic acids is 1. The van der Waals surface area contributed by atoms with Crippen LogP contribution in [-0.4, -0.2) is 34.8 Å². The van der Waals surface area contributed by atoms with E-state index in [1.165, 1.54) is 0 Å². The van der Waals surface area contributed by atoms with Gasteiger partial charge in [0, 0.05) is 29.9 Å². The molecule has 140 valence electrons. The van der Waals surface area contributed by atoms with Crippen molar-refractivity contribution in [2.75, 3.05) is 13.1 Å². The number of halogens is 1. The fraction of sp³-hybridized carbons (Fsp3) is 0.650. The van der Waals surface area contributed by atoms with E-state index in [0.717, 1.165) is 17.5 Å². The molecule has 1 aliphatic heterocycles. The lowest BCUT2D eigenvalue weighted by atomic mass is 9.69. The Bertz CT molecular complexity index is 626. The molecule has 0 aliphatic carbocycles. The topological polar surface area (TPSA) is 49.8 Å². The summed E-state index contributed by atoms with van der Waals surface area (Å²) in [4.78, 5) is 14.1. The highest BCUT2D eigenvalue weighted by Gasteiger charge is 2.48. The molecule has 5 heteroatoms. The van der Waals surface area contributed by atoms with Gasteiger partial charge in [0.05, 0.1) is 5.60 Å². The second-order valence-electron chi connectivity index (χ2n) is 8.17. The second kappa shape index (κ2) is 7.16. The minimum Gasteiger partial charge on any atom is -0.444 e. The van der Waals surface area contributed by atoms with Gasteiger partial charge in [0.2, 0.25) is 0 Å². The second-order valence-corrected chi connectivity index (χ2v) is 8.60. The van der Waals surface area contributed by atoms with Crippen LogP contribution in [0.5, 0.6) is 0 Å². The van der Waals surface area contributed by atoms with Gasteiger partial charge in [0.15, 0.2) is 0 Å². The van der Waals surface area contributed by atoms with E-state index in [1.807, 2.05) is 52.8 Å². The molecule has 0 bridgehead atoms. The molecule has 1 aromatic rings. The Hall–Kier alpha value is -1.26. The van der Waals surface area contributed by atoms with Gasteiger partial charge in [-0.1, -0.05) is 38.4 Å². The van der Waals surface area contributed by atoms with Crippen molar-refractivity contribution in [3.8, 4) is 0 Å². The smallest absolute Gasteiger partial charge is 0.410 e. The number of aryl methyl sites for hydroxylation is 1. The first-order valence-electron chi connectivity index (χ1n) is 8.98. The van der Waals surface area contributed by atoms with Crippen molar-refractivity contribution >= 4 is 17.7 Å². The molecule has 0 spiro atoms. The van der Waals surface area contributed by atoms with Crippen LogP contribution in [0.25, 0.3) is 0 Å². The highest BCUT2D eigenvalue weighted by molar-refractivity contribution is 6.30. The number of carbonyl (C=O) groups is 1. The van der Waals surface area contributed by atoms with E-state index >= 15 is 0 Å². The zero-order valence-corrected chi connectivity index (χ0v) is 16.9. The summed E-state index contributed by atoms with van der Waals surface area (Å²) in [6.07, 6.45) is 0.480. The number of piperidine rings is 1. The SMILES string of the molecule is CCc1cc(Cl)ccc1C1(O)[C@H](C)CN(C(=O)OC(C)(C)C)C[C@@H]1C. The van der Waals surface area contributed by atoms with Gasteiger partial charge in [-0.2, -0.15) is 0 Å². The van der Waals surface area contributed by atoms with Crippen molar-refractivity contribution in [1.82, 2.24) is 4.90 Å². The van der Waals surface area contributed by atoms with Gasteiger partial charge in [0.25, 0.3) is 0 Å². The van der Waals surface area contributed by atoms with Crippen molar-refractivity contribution in [3.05, 3.63) is 34.3 Å². The molecule has 1 saturated heterocycles. The fourth-order valence-corrected chi connectivity index (χ4v) is 3.95. The third-order valence-electron chi connectivity index (χ3n) is 5.02. The highest BCUT2D eigenvalue weighted by Crippen LogP contribution is 2.43. The number of aliphatic hydroxyl groups is 1. The van der Waals surface area contributed by atoms with Crippen LogP contribution in [-0.2, 0) is 16.8 Å². The van der Waals surface area contributed by atoms with E-state index < -0.39 is 11.2 Å². The van der Waals surface area contributed by atoms with Gasteiger partial charge < -0.3 is 14.7 Å². The summed E-state index contributed by atoms with van der Waals surface area (Å²) in [6.45, 7) is 12.5. The predicted molar refractivity (Wildman–Crippen MR) is 101 cm³/mol. The average molecular weight is 368 g/mol. The van der Waals surface area contributed by atoms with Crippen LogP contribution in [0, 0.1) is 11.8 Å². The maximum Gasteiger partial charge on any atom is 0.410 e. The molecule has 0 saturated carbocycles. The van der Waals surface area contributed by atoms with Crippen molar-refractivity contribution in [3.63, 3.8) is 0 Å². The maximum absolute atomic E-state index is 12.4. The molecule has 1 aliphatic rings. The van der Waals surface area contributed by atoms with E-state index in [9.17, 15) is 9.90 Å². The Morgan fingerprint density at radius 1 is 1.32 bits per heavy atom. The standard InChI is InChI=1S/C20H30ClNO3/c1-7-15-10-16(21)8-9-17(15)20(24)13(2)11-22(12-14(20)3)18(23)25-19(4,5)6/h8-10,13-14,24H,7,11-12H2,1-6H3/t13-,14+,20?. The number of ether oxygens (including phenoxy) is 1. The molecular formula is C20H30ClNO3. The minimum atomic E-state index is -0.992. The summed E-state index contributed by atoms with van der Waals surface area (Å²) in [7, 11) is 0. The number of hydrogen-bond acceptors (Lipinski definition) is 3. The number of amides is 1. The van der Waals surface area contributed by atoms with Crippen molar-refractivity contribution < 1.29 is 14.6 Å². The number of benzene rings is 1. The van der Waals surface area contributed by atoms with E-state index in [2.05, 4.69) is 6.92 Å². The lowest BCUT2D eigenvalue weighted by Gasteiger charge is -2.48. The molecule has 0 aromatic heterocycles. The summed E-state index contributed by atoms with van der Waals surface area (Å²) < 4.78 is 5.50. The summed E-state index contributed by atoms with van der Waals surface area (Å²) >= 11 is 6.13. The van der Waals surface area contributed by atoms with Gasteiger partial charge in [0.1, 0.15) is 5.60 Å². The van der Waals surface area contributed by atoms with E-state index in [1.54, 1.807) is 4.90 Å². The molecule has 1 amide bonds. The Labute approximate surface area is 156 Å². The van der Waals surface area contributed by atoms with E-state index in [4.69, 9.17) is 16.3 Å². The zero-order chi connectivity index (χ0) is 19.0. The highest BCUT2D eigenvalue weighted by atomic mass is 35.5. The molecule has 25 heavy (non-hydrogen) atoms. The van der Waals surface area contributed by atoms with Crippen LogP contribution < -0.4 is 0 Å². The normalized spacial score (nSPS) is 27.3. The third kappa shape index (κ3) is 4.12. The molecule has 1 aromatic carbocycles. The molecule has 1 N–H and O–H groups in total. The lowest BCUT2D eigenvalue weighted by Crippen LogP contribution is -2.56. The predicted octanol–water partition coefficient (Wildman–Crippen LogP) is 4.61. The Morgan fingerprint density at radius 2 is 1.88 bits per heavy atom. The number of hydrogen-bond donors (Lipinski definition) is 1. The number of nitrogens with zero attached hydrogens (tertiary/aromatic N) is 1. The number of likely N-dealkylation sites (tertiary alicyclic amines) is 1. The minimum absolute atomic E-state index is 0.116. The van der Waals surface area contributed by atoms with Crippen molar-refractivity contribution in [2.24, 2.45) is 11.8 Å². The van der Waals surface area contributed by atoms with Crippen LogP contribution in [0.3, 0.4) is 0 Å². The molecule has 1 fully saturated rings. The Balaban J connectivity index is 2.29. The van der Waals surface area contributed by atoms with Crippen LogP contribution in [0.2, 0.25) is 5.02 Å². The first-order valence-corrected chi connectivity index (χ1v) is 9.36. The zero-order valence-electron chi connectivity index (χ0n) is 16.1. The van der Waals surface area contributed by atoms with Gasteiger partial charge >= 0.3 is 6.09 Å². The molecule has 2 rings (SSSR count). The first-order chi connectivity index (χ1) is 11.5. The molecule has 4 nitrogen and oxygen atoms in total. The van der Waals surface area contributed by atoms with Gasteiger partial charge in [-0.25, -0.2) is 4.79 Å². The van der Waals surface area contributed by atoms with E-state index in [-0.39, 0.29) is 17.9 Å². The maximum atomic E-state index is 12.4. The molecule has 3 atom stereocenters. The third-order valence-corrected chi connectivity index (χ3v) is 5.26.